The second kappa shape index (κ2) is 19.8. The predicted molar refractivity (Wildman–Crippen MR) is 124 cm³/mol. The summed E-state index contributed by atoms with van der Waals surface area (Å²) in [5.74, 6) is -0.720. The predicted octanol–water partition coefficient (Wildman–Crippen LogP) is 9.12. The van der Waals surface area contributed by atoms with Gasteiger partial charge in [-0.05, 0) is 24.7 Å². The van der Waals surface area contributed by atoms with Gasteiger partial charge >= 0.3 is 5.97 Å². The molecule has 1 N–H and O–H groups in total. The zero-order valence-electron chi connectivity index (χ0n) is 19.6. The van der Waals surface area contributed by atoms with Gasteiger partial charge in [-0.15, -0.1) is 0 Å². The van der Waals surface area contributed by atoms with Gasteiger partial charge in [0.2, 0.25) is 0 Å². The summed E-state index contributed by atoms with van der Waals surface area (Å²) in [6, 6.07) is 0. The second-order valence-electron chi connectivity index (χ2n) is 9.04. The minimum Gasteiger partial charge on any atom is -0.481 e. The third-order valence-corrected chi connectivity index (χ3v) is 6.26. The highest BCUT2D eigenvalue weighted by Crippen LogP contribution is 2.39. The first kappa shape index (κ1) is 27.5. The summed E-state index contributed by atoms with van der Waals surface area (Å²) in [7, 11) is 0. The van der Waals surface area contributed by atoms with Crippen LogP contribution in [0.3, 0.4) is 0 Å². The van der Waals surface area contributed by atoms with Gasteiger partial charge in [0, 0.05) is 0 Å². The smallest absolute Gasteiger partial charge is 0.307 e. The van der Waals surface area contributed by atoms with Crippen LogP contribution in [-0.2, 0) is 4.79 Å². The van der Waals surface area contributed by atoms with Gasteiger partial charge in [-0.1, -0.05) is 130 Å². The number of hydrogen-bond acceptors (Lipinski definition) is 1. The summed E-state index contributed by atoms with van der Waals surface area (Å²) in [6.07, 6.45) is 27.2. The highest BCUT2D eigenvalue weighted by molar-refractivity contribution is 5.77. The van der Waals surface area contributed by atoms with Crippen molar-refractivity contribution in [1.82, 2.24) is 0 Å². The van der Waals surface area contributed by atoms with Crippen molar-refractivity contribution in [3.63, 3.8) is 0 Å². The highest BCUT2D eigenvalue weighted by Gasteiger charge is 2.31. The third-order valence-electron chi connectivity index (χ3n) is 6.26. The van der Waals surface area contributed by atoms with Crippen LogP contribution in [0.1, 0.15) is 149 Å². The molecule has 0 spiro atoms. The second-order valence-corrected chi connectivity index (χ2v) is 9.04. The maximum Gasteiger partial charge on any atom is 0.307 e. The zero-order chi connectivity index (χ0) is 20.9. The fourth-order valence-electron chi connectivity index (χ4n) is 4.41. The maximum absolute atomic E-state index is 11.4. The lowest BCUT2D eigenvalue weighted by Gasteiger charge is -2.32. The van der Waals surface area contributed by atoms with Gasteiger partial charge in [0.15, 0.2) is 0 Å². The van der Waals surface area contributed by atoms with Gasteiger partial charge in [-0.3, -0.25) is 4.79 Å². The standard InChI is InChI=1S/C26H51O2/c1-4-7-10-11-12-13-14-15-16-17-18-19-20-23-26(21-8-5-2,22-9-6-3)24-25(27)28/h24H,4-23H2,1-3H3,(H,27,28). The van der Waals surface area contributed by atoms with E-state index >= 15 is 0 Å². The van der Waals surface area contributed by atoms with E-state index in [2.05, 4.69) is 20.8 Å². The van der Waals surface area contributed by atoms with E-state index in [0.29, 0.717) is 0 Å². The Hall–Kier alpha value is -0.530. The van der Waals surface area contributed by atoms with E-state index in [4.69, 9.17) is 0 Å². The number of aliphatic carboxylic acids is 1. The molecule has 28 heavy (non-hydrogen) atoms. The van der Waals surface area contributed by atoms with Gasteiger partial charge in [-0.25, -0.2) is 0 Å². The summed E-state index contributed by atoms with van der Waals surface area (Å²) in [4.78, 5) is 11.4. The summed E-state index contributed by atoms with van der Waals surface area (Å²) in [5.41, 5.74) is -0.0599. The average Bonchev–Trinajstić information content (AvgIpc) is 2.67. The summed E-state index contributed by atoms with van der Waals surface area (Å²) in [5, 5.41) is 9.40. The molecule has 0 aliphatic rings. The van der Waals surface area contributed by atoms with Crippen LogP contribution in [0.5, 0.6) is 0 Å². The van der Waals surface area contributed by atoms with E-state index in [0.717, 1.165) is 44.9 Å². The van der Waals surface area contributed by atoms with E-state index in [9.17, 15) is 9.90 Å². The van der Waals surface area contributed by atoms with Crippen LogP contribution in [0, 0.1) is 11.8 Å². The Morgan fingerprint density at radius 3 is 1.25 bits per heavy atom. The van der Waals surface area contributed by atoms with Crippen LogP contribution in [0.25, 0.3) is 0 Å². The molecule has 0 atom stereocenters. The Morgan fingerprint density at radius 2 is 0.893 bits per heavy atom. The first-order valence-electron chi connectivity index (χ1n) is 12.7. The Morgan fingerprint density at radius 1 is 0.571 bits per heavy atom. The van der Waals surface area contributed by atoms with E-state index in [-0.39, 0.29) is 5.41 Å². The average molecular weight is 396 g/mol. The SMILES string of the molecule is CCCCCCCCCCCCCCCC([CH]C(=O)O)(CCCC)CCCC. The molecule has 0 rings (SSSR count). The Labute approximate surface area is 177 Å². The number of rotatable bonds is 22. The van der Waals surface area contributed by atoms with Crippen molar-refractivity contribution in [2.24, 2.45) is 5.41 Å². The van der Waals surface area contributed by atoms with Gasteiger partial charge in [0.25, 0.3) is 0 Å². The summed E-state index contributed by atoms with van der Waals surface area (Å²) >= 11 is 0. The van der Waals surface area contributed by atoms with Gasteiger partial charge < -0.3 is 5.11 Å². The summed E-state index contributed by atoms with van der Waals surface area (Å²) < 4.78 is 0. The topological polar surface area (TPSA) is 37.3 Å². The minimum absolute atomic E-state index is 0.0599. The molecule has 0 amide bonds. The molecule has 2 heteroatoms. The lowest BCUT2D eigenvalue weighted by atomic mass is 9.72. The van der Waals surface area contributed by atoms with Gasteiger partial charge in [-0.2, -0.15) is 0 Å². The van der Waals surface area contributed by atoms with Crippen LogP contribution in [0.2, 0.25) is 0 Å². The van der Waals surface area contributed by atoms with Crippen LogP contribution in [-0.4, -0.2) is 11.1 Å². The zero-order valence-corrected chi connectivity index (χ0v) is 19.6. The Balaban J connectivity index is 3.89. The number of hydrogen-bond donors (Lipinski definition) is 1. The van der Waals surface area contributed by atoms with Crippen molar-refractivity contribution in [2.45, 2.75) is 149 Å². The molecule has 0 saturated heterocycles. The molecule has 0 saturated carbocycles. The normalized spacial score (nSPS) is 11.8. The molecule has 0 bridgehead atoms. The van der Waals surface area contributed by atoms with Crippen molar-refractivity contribution < 1.29 is 9.90 Å². The van der Waals surface area contributed by atoms with Gasteiger partial charge in [0.1, 0.15) is 0 Å². The first-order chi connectivity index (χ1) is 13.6. The molecule has 167 valence electrons. The molecule has 0 heterocycles. The molecule has 0 unspecified atom stereocenters. The number of carbonyl (C=O) groups is 1. The van der Waals surface area contributed by atoms with E-state index < -0.39 is 5.97 Å². The molecule has 2 nitrogen and oxygen atoms in total. The van der Waals surface area contributed by atoms with Crippen LogP contribution >= 0.6 is 0 Å². The first-order valence-corrected chi connectivity index (χ1v) is 12.7. The van der Waals surface area contributed by atoms with Crippen LogP contribution < -0.4 is 0 Å². The van der Waals surface area contributed by atoms with Crippen LogP contribution in [0.4, 0.5) is 0 Å². The fraction of sp³-hybridized carbons (Fsp3) is 0.923. The minimum atomic E-state index is -0.720. The van der Waals surface area contributed by atoms with E-state index in [1.807, 2.05) is 0 Å². The molecule has 0 aromatic heterocycles. The number of unbranched alkanes of at least 4 members (excludes halogenated alkanes) is 14. The molecule has 0 fully saturated rings. The monoisotopic (exact) mass is 395 g/mol. The van der Waals surface area contributed by atoms with E-state index in [1.54, 1.807) is 6.42 Å². The molecule has 1 radical (unpaired) electrons. The number of carboxylic acids is 1. The largest absolute Gasteiger partial charge is 0.481 e. The van der Waals surface area contributed by atoms with Gasteiger partial charge in [0.05, 0.1) is 6.42 Å². The molecule has 0 aromatic rings. The quantitative estimate of drug-likeness (QED) is 0.185. The fourth-order valence-corrected chi connectivity index (χ4v) is 4.41. The Bertz CT molecular complexity index is 329. The highest BCUT2D eigenvalue weighted by atomic mass is 16.4. The third kappa shape index (κ3) is 16.4. The lowest BCUT2D eigenvalue weighted by Crippen LogP contribution is -2.26. The number of carboxylic acid groups (broad SMARTS) is 1. The van der Waals surface area contributed by atoms with Crippen molar-refractivity contribution in [2.75, 3.05) is 0 Å². The maximum atomic E-state index is 11.4. The summed E-state index contributed by atoms with van der Waals surface area (Å²) in [6.45, 7) is 6.69. The molecular formula is C26H51O2. The van der Waals surface area contributed by atoms with Crippen LogP contribution in [0.15, 0.2) is 0 Å². The lowest BCUT2D eigenvalue weighted by molar-refractivity contribution is -0.134. The molecule has 0 aliphatic carbocycles. The van der Waals surface area contributed by atoms with Crippen molar-refractivity contribution in [3.05, 3.63) is 6.42 Å². The van der Waals surface area contributed by atoms with Crippen molar-refractivity contribution in [1.29, 1.82) is 0 Å². The van der Waals surface area contributed by atoms with E-state index in [1.165, 1.54) is 83.5 Å². The molecular weight excluding hydrogens is 344 g/mol. The molecule has 0 aliphatic heterocycles. The van der Waals surface area contributed by atoms with Crippen molar-refractivity contribution >= 4 is 5.97 Å². The Kier molecular flexibility index (Phi) is 19.4. The van der Waals surface area contributed by atoms with Crippen molar-refractivity contribution in [3.8, 4) is 0 Å². The molecule has 0 aromatic carbocycles.